The second-order valence-corrected chi connectivity index (χ2v) is 11.9. The van der Waals surface area contributed by atoms with Gasteiger partial charge < -0.3 is 20.1 Å². The fraction of sp³-hybridized carbons (Fsp3) is 0.448. The van der Waals surface area contributed by atoms with E-state index in [0.717, 1.165) is 57.7 Å². The monoisotopic (exact) mass is 570 g/mol. The molecule has 4 N–H and O–H groups in total. The number of carboxylic acids is 1. The molecule has 2 aromatic carbocycles. The Bertz CT molecular complexity index is 1480. The number of carboxylic acid groups (broad SMARTS) is 1. The summed E-state index contributed by atoms with van der Waals surface area (Å²) in [5.74, 6) is -0.912. The van der Waals surface area contributed by atoms with E-state index in [1.165, 1.54) is 13.5 Å². The van der Waals surface area contributed by atoms with Gasteiger partial charge in [0.25, 0.3) is 5.91 Å². The Morgan fingerprint density at radius 1 is 1.12 bits per heavy atom. The van der Waals surface area contributed by atoms with E-state index in [9.17, 15) is 23.1 Å². The molecule has 0 unspecified atom stereocenters. The predicted molar refractivity (Wildman–Crippen MR) is 155 cm³/mol. The number of nitrogens with zero attached hydrogens (tertiary/aromatic N) is 2. The molecular weight excluding hydrogens is 532 g/mol. The molecule has 1 amide bonds. The van der Waals surface area contributed by atoms with Gasteiger partial charge in [0.15, 0.2) is 6.61 Å². The summed E-state index contributed by atoms with van der Waals surface area (Å²) < 4.78 is 36.3. The van der Waals surface area contributed by atoms with E-state index in [-0.39, 0.29) is 12.1 Å². The van der Waals surface area contributed by atoms with Gasteiger partial charge >= 0.3 is 16.2 Å². The van der Waals surface area contributed by atoms with E-state index >= 15 is 0 Å². The normalized spacial score (nSPS) is 14.4. The fourth-order valence-electron chi connectivity index (χ4n) is 5.64. The van der Waals surface area contributed by atoms with Crippen molar-refractivity contribution in [3.63, 3.8) is 0 Å². The van der Waals surface area contributed by atoms with Gasteiger partial charge in [-0.25, -0.2) is 13.8 Å². The van der Waals surface area contributed by atoms with Crippen molar-refractivity contribution in [1.82, 2.24) is 13.6 Å². The number of benzene rings is 2. The van der Waals surface area contributed by atoms with Crippen LogP contribution in [0.25, 0.3) is 22.2 Å². The van der Waals surface area contributed by atoms with Crippen molar-refractivity contribution in [3.8, 4) is 17.0 Å². The van der Waals surface area contributed by atoms with E-state index in [4.69, 9.17) is 10.5 Å². The average Bonchev–Trinajstić information content (AvgIpc) is 3.25. The van der Waals surface area contributed by atoms with E-state index in [1.54, 1.807) is 18.2 Å². The number of rotatable bonds is 12. The van der Waals surface area contributed by atoms with E-state index in [0.29, 0.717) is 31.1 Å². The van der Waals surface area contributed by atoms with Crippen LogP contribution in [0.2, 0.25) is 0 Å². The van der Waals surface area contributed by atoms with Gasteiger partial charge in [0.2, 0.25) is 0 Å². The molecule has 216 valence electrons. The van der Waals surface area contributed by atoms with Gasteiger partial charge in [-0.05, 0) is 68.0 Å². The van der Waals surface area contributed by atoms with Crippen LogP contribution < -0.4 is 15.2 Å². The van der Waals surface area contributed by atoms with Crippen molar-refractivity contribution in [2.75, 3.05) is 26.7 Å². The Labute approximate surface area is 235 Å². The molecule has 0 saturated heterocycles. The lowest BCUT2D eigenvalue weighted by Gasteiger charge is -2.24. The molecular formula is C29H38N4O6S. The number of aryl methyl sites for hydroxylation is 1. The summed E-state index contributed by atoms with van der Waals surface area (Å²) in [7, 11) is -0.816. The number of unbranched alkanes of at least 4 members (excludes halogenated alkanes) is 1. The van der Waals surface area contributed by atoms with Gasteiger partial charge in [-0.15, -0.1) is 0 Å². The zero-order valence-corrected chi connectivity index (χ0v) is 23.9. The first-order valence-corrected chi connectivity index (χ1v) is 15.2. The summed E-state index contributed by atoms with van der Waals surface area (Å²) in [6.07, 6.45) is 6.53. The van der Waals surface area contributed by atoms with Crippen LogP contribution >= 0.6 is 0 Å². The standard InChI is InChI=1S/C29H38N4O6S/c1-31-40(37,38)33(17-9-8-16-30)29(36)21-14-15-22-24(18-21)32(2)28(27(22)20-10-4-3-5-11-20)23-12-6-7-13-25(23)39-19-26(34)35/h6-7,12-15,18,20,31H,3-5,8-11,16-17,19,30H2,1-2H3,(H,34,35). The first-order chi connectivity index (χ1) is 19.2. The van der Waals surface area contributed by atoms with Gasteiger partial charge in [-0.2, -0.15) is 8.42 Å². The summed E-state index contributed by atoms with van der Waals surface area (Å²) in [6, 6.07) is 12.7. The number of amides is 1. The maximum Gasteiger partial charge on any atom is 0.341 e. The maximum atomic E-state index is 13.6. The number of hydrogen-bond donors (Lipinski definition) is 3. The molecule has 3 aromatic rings. The van der Waals surface area contributed by atoms with Gasteiger partial charge in [0, 0.05) is 42.7 Å². The SMILES string of the molecule is CNS(=O)(=O)N(CCCCN)C(=O)c1ccc2c(C3CCCCC3)c(-c3ccccc3OCC(=O)O)n(C)c2c1. The molecule has 1 fully saturated rings. The van der Waals surface area contributed by atoms with Crippen LogP contribution in [0.15, 0.2) is 42.5 Å². The van der Waals surface area contributed by atoms with Crippen LogP contribution in [0.4, 0.5) is 0 Å². The first-order valence-electron chi connectivity index (χ1n) is 13.7. The summed E-state index contributed by atoms with van der Waals surface area (Å²) >= 11 is 0. The highest BCUT2D eigenvalue weighted by Gasteiger charge is 2.30. The number of nitrogens with two attached hydrogens (primary N) is 1. The number of fused-ring (bicyclic) bond motifs is 1. The zero-order chi connectivity index (χ0) is 28.9. The summed E-state index contributed by atoms with van der Waals surface area (Å²) in [4.78, 5) is 24.8. The lowest BCUT2D eigenvalue weighted by Crippen LogP contribution is -2.43. The molecule has 1 aliphatic rings. The number of aliphatic carboxylic acids is 1. The number of para-hydroxylation sites is 1. The van der Waals surface area contributed by atoms with Gasteiger partial charge in [-0.3, -0.25) is 4.79 Å². The molecule has 1 heterocycles. The minimum atomic E-state index is -4.01. The number of carbonyl (C=O) groups is 2. The lowest BCUT2D eigenvalue weighted by atomic mass is 9.81. The third-order valence-electron chi connectivity index (χ3n) is 7.58. The maximum absolute atomic E-state index is 13.6. The summed E-state index contributed by atoms with van der Waals surface area (Å²) in [5.41, 5.74) is 9.47. The Balaban J connectivity index is 1.86. The Morgan fingerprint density at radius 2 is 1.85 bits per heavy atom. The van der Waals surface area contributed by atoms with Crippen molar-refractivity contribution in [2.45, 2.75) is 50.9 Å². The van der Waals surface area contributed by atoms with E-state index in [2.05, 4.69) is 4.72 Å². The van der Waals surface area contributed by atoms with Crippen LogP contribution in [0.3, 0.4) is 0 Å². The van der Waals surface area contributed by atoms with Crippen molar-refractivity contribution in [3.05, 3.63) is 53.6 Å². The second-order valence-electron chi connectivity index (χ2n) is 10.1. The second kappa shape index (κ2) is 12.8. The van der Waals surface area contributed by atoms with Crippen molar-refractivity contribution in [1.29, 1.82) is 0 Å². The van der Waals surface area contributed by atoms with Crippen LogP contribution in [0, 0.1) is 0 Å². The zero-order valence-electron chi connectivity index (χ0n) is 23.1. The number of aromatic nitrogens is 1. The largest absolute Gasteiger partial charge is 0.481 e. The fourth-order valence-corrected chi connectivity index (χ4v) is 6.55. The summed E-state index contributed by atoms with van der Waals surface area (Å²) in [6.45, 7) is -0.0309. The Hall–Kier alpha value is -3.41. The van der Waals surface area contributed by atoms with Gasteiger partial charge in [0.05, 0.1) is 5.69 Å². The highest BCUT2D eigenvalue weighted by molar-refractivity contribution is 7.87. The smallest absolute Gasteiger partial charge is 0.341 e. The van der Waals surface area contributed by atoms with E-state index in [1.807, 2.05) is 35.9 Å². The predicted octanol–water partition coefficient (Wildman–Crippen LogP) is 4.00. The van der Waals surface area contributed by atoms with Crippen LogP contribution in [-0.4, -0.2) is 61.0 Å². The minimum absolute atomic E-state index is 0.0250. The molecule has 40 heavy (non-hydrogen) atoms. The highest BCUT2D eigenvalue weighted by atomic mass is 32.2. The van der Waals surface area contributed by atoms with E-state index < -0.39 is 28.7 Å². The summed E-state index contributed by atoms with van der Waals surface area (Å²) in [5, 5.41) is 10.2. The molecule has 11 heteroatoms. The van der Waals surface area contributed by atoms with Crippen LogP contribution in [0.1, 0.15) is 66.8 Å². The van der Waals surface area contributed by atoms with Crippen molar-refractivity contribution in [2.24, 2.45) is 12.8 Å². The number of hydrogen-bond acceptors (Lipinski definition) is 6. The molecule has 0 atom stereocenters. The van der Waals surface area contributed by atoms with Crippen molar-refractivity contribution < 1.29 is 27.9 Å². The Morgan fingerprint density at radius 3 is 2.52 bits per heavy atom. The molecule has 1 aliphatic carbocycles. The molecule has 0 bridgehead atoms. The van der Waals surface area contributed by atoms with Crippen molar-refractivity contribution >= 4 is 33.0 Å². The van der Waals surface area contributed by atoms with Crippen LogP contribution in [-0.2, 0) is 22.1 Å². The molecule has 4 rings (SSSR count). The number of nitrogens with one attached hydrogen (secondary N) is 1. The minimum Gasteiger partial charge on any atom is -0.481 e. The molecule has 1 saturated carbocycles. The quantitative estimate of drug-likeness (QED) is 0.279. The average molecular weight is 571 g/mol. The third kappa shape index (κ3) is 6.16. The number of ether oxygens (including phenoxy) is 1. The topological polar surface area (TPSA) is 144 Å². The third-order valence-corrected chi connectivity index (χ3v) is 9.03. The molecule has 10 nitrogen and oxygen atoms in total. The molecule has 0 spiro atoms. The van der Waals surface area contributed by atoms with Crippen LogP contribution in [0.5, 0.6) is 5.75 Å². The van der Waals surface area contributed by atoms with Gasteiger partial charge in [-0.1, -0.05) is 37.5 Å². The molecule has 0 radical (unpaired) electrons. The first kappa shape index (κ1) is 29.6. The lowest BCUT2D eigenvalue weighted by molar-refractivity contribution is -0.139. The molecule has 1 aromatic heterocycles. The highest BCUT2D eigenvalue weighted by Crippen LogP contribution is 2.45. The van der Waals surface area contributed by atoms with Gasteiger partial charge in [0.1, 0.15) is 5.75 Å². The Kier molecular flexibility index (Phi) is 9.49. The molecule has 0 aliphatic heterocycles. The number of carbonyl (C=O) groups excluding carboxylic acids is 1.